The number of imidazole rings is 1. The molecule has 1 aliphatic rings. The SMILES string of the molecule is COCC(=O)N1CCN(Cc2ccc(OCc3nccn3C)cc2)CC(O)(COc2ccc(F)cc2)C1. The van der Waals surface area contributed by atoms with Crippen molar-refractivity contribution in [1.82, 2.24) is 19.4 Å². The van der Waals surface area contributed by atoms with E-state index < -0.39 is 5.60 Å². The molecule has 1 aliphatic heterocycles. The van der Waals surface area contributed by atoms with Gasteiger partial charge in [0.15, 0.2) is 0 Å². The number of carbonyl (C=O) groups is 1. The van der Waals surface area contributed by atoms with Crippen molar-refractivity contribution in [2.24, 2.45) is 7.05 Å². The van der Waals surface area contributed by atoms with Crippen molar-refractivity contribution >= 4 is 5.91 Å². The molecule has 1 unspecified atom stereocenters. The second-order valence-corrected chi connectivity index (χ2v) is 9.31. The first-order valence-electron chi connectivity index (χ1n) is 12.1. The molecule has 0 radical (unpaired) electrons. The minimum Gasteiger partial charge on any atom is -0.490 e. The summed E-state index contributed by atoms with van der Waals surface area (Å²) in [5, 5.41) is 11.5. The Morgan fingerprint density at radius 1 is 1.05 bits per heavy atom. The van der Waals surface area contributed by atoms with Crippen molar-refractivity contribution in [3.8, 4) is 11.5 Å². The summed E-state index contributed by atoms with van der Waals surface area (Å²) in [7, 11) is 3.39. The predicted octanol–water partition coefficient (Wildman–Crippen LogP) is 2.24. The molecular weight excluding hydrogens is 479 g/mol. The Balaban J connectivity index is 1.41. The number of rotatable bonds is 10. The third-order valence-electron chi connectivity index (χ3n) is 6.25. The maximum atomic E-state index is 13.3. The van der Waals surface area contributed by atoms with Gasteiger partial charge < -0.3 is 28.8 Å². The van der Waals surface area contributed by atoms with E-state index in [0.717, 1.165) is 17.1 Å². The first kappa shape index (κ1) is 26.6. The molecule has 2 aromatic carbocycles. The van der Waals surface area contributed by atoms with Crippen LogP contribution in [0, 0.1) is 5.82 Å². The van der Waals surface area contributed by atoms with Crippen LogP contribution in [0.3, 0.4) is 0 Å². The van der Waals surface area contributed by atoms with Crippen LogP contribution in [0.4, 0.5) is 4.39 Å². The highest BCUT2D eigenvalue weighted by molar-refractivity contribution is 5.77. The summed E-state index contributed by atoms with van der Waals surface area (Å²) < 4.78 is 31.8. The maximum Gasteiger partial charge on any atom is 0.248 e. The molecule has 0 saturated carbocycles. The van der Waals surface area contributed by atoms with E-state index in [1.165, 1.54) is 31.4 Å². The van der Waals surface area contributed by atoms with Crippen LogP contribution in [0.15, 0.2) is 60.9 Å². The quantitative estimate of drug-likeness (QED) is 0.446. The van der Waals surface area contributed by atoms with Gasteiger partial charge in [0, 0.05) is 52.7 Å². The van der Waals surface area contributed by atoms with Crippen molar-refractivity contribution in [2.75, 3.05) is 46.5 Å². The number of halogens is 1. The van der Waals surface area contributed by atoms with Crippen LogP contribution in [0.2, 0.25) is 0 Å². The summed E-state index contributed by atoms with van der Waals surface area (Å²) in [6, 6.07) is 13.4. The van der Waals surface area contributed by atoms with Crippen LogP contribution in [0.5, 0.6) is 11.5 Å². The Hall–Kier alpha value is -3.47. The minimum absolute atomic E-state index is 0.0497. The molecule has 0 aliphatic carbocycles. The van der Waals surface area contributed by atoms with Gasteiger partial charge in [0.2, 0.25) is 5.91 Å². The smallest absolute Gasteiger partial charge is 0.248 e. The number of aryl methyl sites for hydroxylation is 1. The zero-order chi connectivity index (χ0) is 26.3. The largest absolute Gasteiger partial charge is 0.490 e. The molecule has 9 nitrogen and oxygen atoms in total. The van der Waals surface area contributed by atoms with E-state index in [4.69, 9.17) is 14.2 Å². The molecule has 1 saturated heterocycles. The lowest BCUT2D eigenvalue weighted by Crippen LogP contribution is -2.52. The molecule has 37 heavy (non-hydrogen) atoms. The average molecular weight is 513 g/mol. The fraction of sp³-hybridized carbons (Fsp3) is 0.407. The summed E-state index contributed by atoms with van der Waals surface area (Å²) in [5.74, 6) is 1.46. The number of hydrogen-bond acceptors (Lipinski definition) is 7. The Labute approximate surface area is 216 Å². The number of β-amino-alcohol motifs (C(OH)–C–C–N with tert-alkyl or cyclic N) is 1. The van der Waals surface area contributed by atoms with Crippen LogP contribution in [-0.4, -0.2) is 82.5 Å². The number of carbonyl (C=O) groups excluding carboxylic acids is 1. The number of ether oxygens (including phenoxy) is 3. The number of benzene rings is 2. The fourth-order valence-electron chi connectivity index (χ4n) is 4.28. The van der Waals surface area contributed by atoms with Crippen molar-refractivity contribution < 1.29 is 28.5 Å². The molecule has 198 valence electrons. The van der Waals surface area contributed by atoms with Crippen LogP contribution >= 0.6 is 0 Å². The number of methoxy groups -OCH3 is 1. The van der Waals surface area contributed by atoms with Gasteiger partial charge in [-0.1, -0.05) is 12.1 Å². The van der Waals surface area contributed by atoms with Gasteiger partial charge in [-0.05, 0) is 42.0 Å². The molecule has 0 spiro atoms. The van der Waals surface area contributed by atoms with Crippen LogP contribution < -0.4 is 9.47 Å². The first-order chi connectivity index (χ1) is 17.8. The highest BCUT2D eigenvalue weighted by Gasteiger charge is 2.37. The van der Waals surface area contributed by atoms with Gasteiger partial charge in [0.1, 0.15) is 48.6 Å². The highest BCUT2D eigenvalue weighted by atomic mass is 19.1. The molecule has 0 bridgehead atoms. The lowest BCUT2D eigenvalue weighted by molar-refractivity contribution is -0.138. The number of hydrogen-bond donors (Lipinski definition) is 1. The Morgan fingerprint density at radius 3 is 2.43 bits per heavy atom. The Kier molecular flexibility index (Phi) is 8.75. The lowest BCUT2D eigenvalue weighted by atomic mass is 10.0. The Bertz CT molecular complexity index is 1150. The molecule has 1 fully saturated rings. The summed E-state index contributed by atoms with van der Waals surface area (Å²) in [6.45, 7) is 2.26. The molecule has 3 aromatic rings. The molecular formula is C27H33FN4O5. The number of nitrogens with zero attached hydrogens (tertiary/aromatic N) is 4. The molecule has 1 N–H and O–H groups in total. The zero-order valence-electron chi connectivity index (χ0n) is 21.2. The monoisotopic (exact) mass is 512 g/mol. The third-order valence-corrected chi connectivity index (χ3v) is 6.25. The Morgan fingerprint density at radius 2 is 1.76 bits per heavy atom. The van der Waals surface area contributed by atoms with Crippen LogP contribution in [0.1, 0.15) is 11.4 Å². The third kappa shape index (κ3) is 7.51. The van der Waals surface area contributed by atoms with E-state index in [0.29, 0.717) is 38.5 Å². The van der Waals surface area contributed by atoms with Gasteiger partial charge in [0.25, 0.3) is 0 Å². The second kappa shape index (κ2) is 12.2. The van der Waals surface area contributed by atoms with Crippen molar-refractivity contribution in [1.29, 1.82) is 0 Å². The van der Waals surface area contributed by atoms with Crippen molar-refractivity contribution in [2.45, 2.75) is 18.8 Å². The standard InChI is InChI=1S/C27H33FN4O5/c1-30-12-11-29-25(30)16-36-23-7-3-21(4-8-23)15-31-13-14-32(26(33)17-35-2)19-27(34,18-31)20-37-24-9-5-22(28)6-10-24/h3-12,34H,13-20H2,1-2H3. The van der Waals surface area contributed by atoms with E-state index in [-0.39, 0.29) is 31.5 Å². The summed E-state index contributed by atoms with van der Waals surface area (Å²) in [6.07, 6.45) is 3.61. The molecule has 1 amide bonds. The van der Waals surface area contributed by atoms with Crippen molar-refractivity contribution in [3.05, 3.63) is 78.1 Å². The first-order valence-corrected chi connectivity index (χ1v) is 12.1. The molecule has 1 aromatic heterocycles. The minimum atomic E-state index is -1.33. The highest BCUT2D eigenvalue weighted by Crippen LogP contribution is 2.21. The van der Waals surface area contributed by atoms with Gasteiger partial charge in [-0.15, -0.1) is 0 Å². The zero-order valence-corrected chi connectivity index (χ0v) is 21.2. The van der Waals surface area contributed by atoms with E-state index >= 15 is 0 Å². The van der Waals surface area contributed by atoms with Crippen LogP contribution in [-0.2, 0) is 29.7 Å². The topological polar surface area (TPSA) is 89.3 Å². The molecule has 4 rings (SSSR count). The van der Waals surface area contributed by atoms with Gasteiger partial charge in [-0.2, -0.15) is 0 Å². The number of aromatic nitrogens is 2. The fourth-order valence-corrected chi connectivity index (χ4v) is 4.28. The second-order valence-electron chi connectivity index (χ2n) is 9.31. The van der Waals surface area contributed by atoms with E-state index in [1.54, 1.807) is 11.1 Å². The van der Waals surface area contributed by atoms with E-state index in [9.17, 15) is 14.3 Å². The summed E-state index contributed by atoms with van der Waals surface area (Å²) >= 11 is 0. The van der Waals surface area contributed by atoms with Gasteiger partial charge in [0.05, 0.1) is 6.54 Å². The predicted molar refractivity (Wildman–Crippen MR) is 135 cm³/mol. The number of aliphatic hydroxyl groups is 1. The van der Waals surface area contributed by atoms with Crippen molar-refractivity contribution in [3.63, 3.8) is 0 Å². The van der Waals surface area contributed by atoms with E-state index in [1.807, 2.05) is 42.1 Å². The summed E-state index contributed by atoms with van der Waals surface area (Å²) in [4.78, 5) is 20.5. The molecule has 10 heteroatoms. The van der Waals surface area contributed by atoms with Gasteiger partial charge in [-0.25, -0.2) is 9.37 Å². The number of amides is 1. The normalized spacial score (nSPS) is 18.4. The summed E-state index contributed by atoms with van der Waals surface area (Å²) in [5.41, 5.74) is -0.290. The van der Waals surface area contributed by atoms with Gasteiger partial charge >= 0.3 is 0 Å². The lowest BCUT2D eigenvalue weighted by Gasteiger charge is -2.33. The maximum absolute atomic E-state index is 13.3. The van der Waals surface area contributed by atoms with Crippen LogP contribution in [0.25, 0.3) is 0 Å². The molecule has 1 atom stereocenters. The van der Waals surface area contributed by atoms with Gasteiger partial charge in [-0.3, -0.25) is 9.69 Å². The average Bonchev–Trinajstić information content (AvgIpc) is 3.22. The van der Waals surface area contributed by atoms with E-state index in [2.05, 4.69) is 9.88 Å². The molecule has 2 heterocycles.